The summed E-state index contributed by atoms with van der Waals surface area (Å²) in [6, 6.07) is 19.8. The molecule has 0 saturated carbocycles. The maximum absolute atomic E-state index is 12.9. The summed E-state index contributed by atoms with van der Waals surface area (Å²) in [6.45, 7) is 5.48. The van der Waals surface area contributed by atoms with Crippen LogP contribution in [0.3, 0.4) is 0 Å². The van der Waals surface area contributed by atoms with Crippen molar-refractivity contribution in [3.8, 4) is 5.75 Å². The molecule has 3 aromatic rings. The molecule has 1 N–H and O–H groups in total. The number of hydrogen-bond donors (Lipinski definition) is 1. The van der Waals surface area contributed by atoms with Crippen LogP contribution in [0.4, 0.5) is 5.82 Å². The number of carbonyl (C=O) groups excluding carboxylic acids is 1. The van der Waals surface area contributed by atoms with Gasteiger partial charge in [-0.3, -0.25) is 9.69 Å². The lowest BCUT2D eigenvalue weighted by Crippen LogP contribution is -2.35. The van der Waals surface area contributed by atoms with Gasteiger partial charge in [0.1, 0.15) is 11.6 Å². The molecule has 0 unspecified atom stereocenters. The van der Waals surface area contributed by atoms with Gasteiger partial charge in [0.15, 0.2) is 6.10 Å². The fraction of sp³-hybridized carbons (Fsp3) is 0.385. The number of carbonyl (C=O) groups is 1. The highest BCUT2D eigenvalue weighted by Gasteiger charge is 2.26. The second-order valence-electron chi connectivity index (χ2n) is 8.22. The number of piperidine rings is 1. The highest BCUT2D eigenvalue weighted by atomic mass is 16.5. The van der Waals surface area contributed by atoms with Crippen LogP contribution in [0.5, 0.6) is 5.75 Å². The second-order valence-corrected chi connectivity index (χ2v) is 8.22. The van der Waals surface area contributed by atoms with E-state index in [-0.39, 0.29) is 11.9 Å². The summed E-state index contributed by atoms with van der Waals surface area (Å²) < 4.78 is 13.2. The maximum atomic E-state index is 12.9. The van der Waals surface area contributed by atoms with E-state index >= 15 is 0 Å². The first-order chi connectivity index (χ1) is 16.2. The minimum Gasteiger partial charge on any atom is -0.494 e. The quantitative estimate of drug-likeness (QED) is 0.524. The van der Waals surface area contributed by atoms with Gasteiger partial charge in [0.25, 0.3) is 5.91 Å². The molecule has 2 heterocycles. The van der Waals surface area contributed by atoms with Gasteiger partial charge >= 0.3 is 0 Å². The van der Waals surface area contributed by atoms with E-state index < -0.39 is 6.10 Å². The van der Waals surface area contributed by atoms with Crippen molar-refractivity contribution in [2.45, 2.75) is 38.5 Å². The summed E-state index contributed by atoms with van der Waals surface area (Å²) in [6.07, 6.45) is 3.01. The minimum atomic E-state index is -0.665. The molecular weight excluding hydrogens is 416 g/mol. The van der Waals surface area contributed by atoms with E-state index in [4.69, 9.17) is 9.47 Å². The van der Waals surface area contributed by atoms with Crippen LogP contribution in [-0.4, -0.2) is 47.4 Å². The zero-order valence-electron chi connectivity index (χ0n) is 19.3. The molecule has 1 atom stereocenters. The summed E-state index contributed by atoms with van der Waals surface area (Å²) in [7, 11) is 1.55. The largest absolute Gasteiger partial charge is 0.494 e. The number of aromatic nitrogens is 2. The average molecular weight is 449 g/mol. The van der Waals surface area contributed by atoms with Crippen molar-refractivity contribution in [3.05, 3.63) is 78.0 Å². The van der Waals surface area contributed by atoms with Crippen molar-refractivity contribution in [1.82, 2.24) is 14.7 Å². The number of anilines is 1. The minimum absolute atomic E-state index is 0.199. The molecule has 7 nitrogen and oxygen atoms in total. The van der Waals surface area contributed by atoms with Crippen LogP contribution in [0.25, 0.3) is 0 Å². The smallest absolute Gasteiger partial charge is 0.259 e. The Morgan fingerprint density at radius 2 is 1.82 bits per heavy atom. The van der Waals surface area contributed by atoms with Gasteiger partial charge in [0, 0.05) is 38.4 Å². The number of benzene rings is 2. The monoisotopic (exact) mass is 448 g/mol. The summed E-state index contributed by atoms with van der Waals surface area (Å²) in [5.74, 6) is 1.47. The zero-order chi connectivity index (χ0) is 23.0. The number of likely N-dealkylation sites (tertiary alicyclic amines) is 1. The van der Waals surface area contributed by atoms with E-state index in [0.29, 0.717) is 12.4 Å². The number of para-hydroxylation sites is 1. The van der Waals surface area contributed by atoms with Crippen LogP contribution in [-0.2, 0) is 16.1 Å². The van der Waals surface area contributed by atoms with Gasteiger partial charge in [-0.05, 0) is 31.4 Å². The summed E-state index contributed by atoms with van der Waals surface area (Å²) >= 11 is 0. The number of methoxy groups -OCH3 is 1. The maximum Gasteiger partial charge on any atom is 0.259 e. The van der Waals surface area contributed by atoms with Crippen molar-refractivity contribution in [3.63, 3.8) is 0 Å². The second kappa shape index (κ2) is 11.1. The molecule has 0 spiro atoms. The number of amides is 1. The zero-order valence-corrected chi connectivity index (χ0v) is 19.3. The molecule has 2 aromatic carbocycles. The molecule has 0 aliphatic carbocycles. The van der Waals surface area contributed by atoms with Gasteiger partial charge in [0.2, 0.25) is 0 Å². The molecule has 1 aliphatic rings. The van der Waals surface area contributed by atoms with E-state index in [0.717, 1.165) is 43.8 Å². The van der Waals surface area contributed by atoms with Crippen molar-refractivity contribution < 1.29 is 14.3 Å². The third kappa shape index (κ3) is 5.61. The number of hydrogen-bond acceptors (Lipinski definition) is 5. The van der Waals surface area contributed by atoms with Crippen LogP contribution >= 0.6 is 0 Å². The Hall–Kier alpha value is -3.16. The molecule has 0 radical (unpaired) electrons. The Kier molecular flexibility index (Phi) is 7.75. The van der Waals surface area contributed by atoms with Crippen molar-refractivity contribution in [2.24, 2.45) is 0 Å². The van der Waals surface area contributed by atoms with Crippen molar-refractivity contribution in [2.75, 3.05) is 32.1 Å². The molecule has 1 aromatic heterocycles. The Bertz CT molecular complexity index is 1030. The van der Waals surface area contributed by atoms with Crippen LogP contribution in [0.2, 0.25) is 0 Å². The fourth-order valence-electron chi connectivity index (χ4n) is 4.41. The first-order valence-corrected chi connectivity index (χ1v) is 11.5. The number of nitrogens with zero attached hydrogens (tertiary/aromatic N) is 3. The van der Waals surface area contributed by atoms with E-state index in [1.807, 2.05) is 60.1 Å². The Balaban J connectivity index is 1.37. The van der Waals surface area contributed by atoms with Crippen LogP contribution in [0, 0.1) is 0 Å². The predicted molar refractivity (Wildman–Crippen MR) is 128 cm³/mol. The molecule has 174 valence electrons. The highest BCUT2D eigenvalue weighted by Crippen LogP contribution is 2.28. The molecule has 1 aliphatic heterocycles. The van der Waals surface area contributed by atoms with E-state index in [1.54, 1.807) is 13.3 Å². The number of nitrogens with one attached hydrogen (secondary N) is 1. The molecular formula is C26H32N4O3. The Morgan fingerprint density at radius 1 is 1.09 bits per heavy atom. The average Bonchev–Trinajstić information content (AvgIpc) is 3.30. The lowest BCUT2D eigenvalue weighted by molar-refractivity contribution is -0.126. The van der Waals surface area contributed by atoms with Gasteiger partial charge < -0.3 is 14.8 Å². The van der Waals surface area contributed by atoms with Gasteiger partial charge in [-0.1, -0.05) is 48.5 Å². The van der Waals surface area contributed by atoms with E-state index in [1.165, 1.54) is 5.56 Å². The van der Waals surface area contributed by atoms with Gasteiger partial charge in [-0.25, -0.2) is 4.68 Å². The molecule has 7 heteroatoms. The van der Waals surface area contributed by atoms with Gasteiger partial charge in [0.05, 0.1) is 18.8 Å². The van der Waals surface area contributed by atoms with Crippen molar-refractivity contribution in [1.29, 1.82) is 0 Å². The van der Waals surface area contributed by atoms with E-state index in [9.17, 15) is 4.79 Å². The van der Waals surface area contributed by atoms with Crippen LogP contribution in [0.1, 0.15) is 43.0 Å². The topological polar surface area (TPSA) is 68.6 Å². The number of rotatable bonds is 9. The van der Waals surface area contributed by atoms with Crippen molar-refractivity contribution >= 4 is 11.7 Å². The molecule has 33 heavy (non-hydrogen) atoms. The summed E-state index contributed by atoms with van der Waals surface area (Å²) in [5, 5.41) is 7.54. The first kappa shape index (κ1) is 23.0. The number of ether oxygens (including phenoxy) is 2. The third-order valence-electron chi connectivity index (χ3n) is 6.07. The standard InChI is InChI=1S/C26H32N4O3/c1-3-33-23-12-8-7-11-21(23)19-29-17-14-22(15-18-29)30-24(13-16-27-30)28-26(31)25(32-2)20-9-5-4-6-10-20/h4-13,16,22,25H,3,14-15,17-19H2,1-2H3,(H,28,31)/t25-/m1/s1. The van der Waals surface area contributed by atoms with Gasteiger partial charge in [-0.2, -0.15) is 5.10 Å². The fourth-order valence-corrected chi connectivity index (χ4v) is 4.41. The molecule has 0 bridgehead atoms. The summed E-state index contributed by atoms with van der Waals surface area (Å²) in [5.41, 5.74) is 2.04. The SMILES string of the molecule is CCOc1ccccc1CN1CCC(n2nccc2NC(=O)[C@H](OC)c2ccccc2)CC1. The normalized spacial score (nSPS) is 15.8. The van der Waals surface area contributed by atoms with Crippen LogP contribution in [0.15, 0.2) is 66.9 Å². The molecule has 4 rings (SSSR count). The van der Waals surface area contributed by atoms with Crippen LogP contribution < -0.4 is 10.1 Å². The van der Waals surface area contributed by atoms with Gasteiger partial charge in [-0.15, -0.1) is 0 Å². The lowest BCUT2D eigenvalue weighted by Gasteiger charge is -2.33. The molecule has 1 saturated heterocycles. The Morgan fingerprint density at radius 3 is 2.55 bits per heavy atom. The summed E-state index contributed by atoms with van der Waals surface area (Å²) in [4.78, 5) is 15.4. The lowest BCUT2D eigenvalue weighted by atomic mass is 10.0. The highest BCUT2D eigenvalue weighted by molar-refractivity contribution is 5.94. The molecule has 1 fully saturated rings. The third-order valence-corrected chi connectivity index (χ3v) is 6.07. The van der Waals surface area contributed by atoms with E-state index in [2.05, 4.69) is 27.4 Å². The predicted octanol–water partition coefficient (Wildman–Crippen LogP) is 4.45. The molecule has 1 amide bonds. The Labute approximate surface area is 195 Å². The first-order valence-electron chi connectivity index (χ1n) is 11.5.